The first-order chi connectivity index (χ1) is 12.9. The lowest BCUT2D eigenvalue weighted by Gasteiger charge is -2.21. The van der Waals surface area contributed by atoms with Crippen molar-refractivity contribution < 1.29 is 12.9 Å². The Labute approximate surface area is 161 Å². The van der Waals surface area contributed by atoms with Crippen molar-refractivity contribution in [3.8, 4) is 0 Å². The van der Waals surface area contributed by atoms with Gasteiger partial charge in [-0.1, -0.05) is 61.5 Å². The van der Waals surface area contributed by atoms with Crippen LogP contribution in [0.5, 0.6) is 0 Å². The number of aryl methyl sites for hydroxylation is 1. The number of allylic oxidation sites excluding steroid dienone is 2. The van der Waals surface area contributed by atoms with Crippen molar-refractivity contribution in [2.75, 3.05) is 5.32 Å². The summed E-state index contributed by atoms with van der Waals surface area (Å²) >= 11 is 0. The van der Waals surface area contributed by atoms with Crippen LogP contribution in [0.2, 0.25) is 0 Å². The predicted molar refractivity (Wildman–Crippen MR) is 109 cm³/mol. The van der Waals surface area contributed by atoms with Gasteiger partial charge in [0.15, 0.2) is 0 Å². The number of hydrogen-bond donors (Lipinski definition) is 1. The fourth-order valence-corrected chi connectivity index (χ4v) is 3.84. The van der Waals surface area contributed by atoms with Crippen molar-refractivity contribution in [1.82, 2.24) is 5.16 Å². The number of nitrogens with zero attached hydrogens (tertiary/aromatic N) is 1. The number of hydrogen-bond acceptors (Lipinski definition) is 5. The lowest BCUT2D eigenvalue weighted by atomic mass is 9.92. The van der Waals surface area contributed by atoms with E-state index in [-0.39, 0.29) is 0 Å². The van der Waals surface area contributed by atoms with Crippen LogP contribution in [0.1, 0.15) is 36.2 Å². The molecule has 6 heteroatoms. The quantitative estimate of drug-likeness (QED) is 0.790. The van der Waals surface area contributed by atoms with Crippen LogP contribution in [0.4, 0.5) is 5.88 Å². The third kappa shape index (κ3) is 4.22. The molecule has 5 nitrogen and oxygen atoms in total. The van der Waals surface area contributed by atoms with Crippen LogP contribution in [0, 0.1) is 19.8 Å². The Bertz CT molecular complexity index is 1020. The topological polar surface area (TPSA) is 72.2 Å². The first kappa shape index (κ1) is 19.2. The summed E-state index contributed by atoms with van der Waals surface area (Å²) in [6.45, 7) is 8.09. The van der Waals surface area contributed by atoms with Crippen molar-refractivity contribution in [3.05, 3.63) is 64.9 Å². The molecule has 0 fully saturated rings. The zero-order valence-corrected chi connectivity index (χ0v) is 16.8. The number of benzene rings is 1. The highest BCUT2D eigenvalue weighted by Gasteiger charge is 2.25. The van der Waals surface area contributed by atoms with E-state index in [4.69, 9.17) is 4.52 Å². The van der Waals surface area contributed by atoms with Gasteiger partial charge in [0.05, 0.1) is 11.7 Å². The average Bonchev–Trinajstić information content (AvgIpc) is 2.93. The molecule has 0 saturated carbocycles. The molecule has 1 unspecified atom stereocenters. The van der Waals surface area contributed by atoms with Gasteiger partial charge in [-0.2, -0.15) is 8.42 Å². The van der Waals surface area contributed by atoms with Gasteiger partial charge in [-0.15, -0.1) is 0 Å². The maximum atomic E-state index is 12.0. The van der Waals surface area contributed by atoms with Crippen LogP contribution in [-0.4, -0.2) is 24.5 Å². The van der Waals surface area contributed by atoms with Crippen molar-refractivity contribution in [3.63, 3.8) is 0 Å². The Hall–Kier alpha value is -2.60. The predicted octanol–water partition coefficient (Wildman–Crippen LogP) is 3.98. The molecule has 0 aliphatic heterocycles. The smallest absolute Gasteiger partial charge is 0.228 e. The van der Waals surface area contributed by atoms with Crippen molar-refractivity contribution >= 4 is 26.6 Å². The minimum atomic E-state index is -2.38. The summed E-state index contributed by atoms with van der Waals surface area (Å²) in [5.74, 6) is 1.06. The second-order valence-electron chi connectivity index (χ2n) is 7.20. The van der Waals surface area contributed by atoms with E-state index in [1.54, 1.807) is 6.08 Å². The van der Waals surface area contributed by atoms with E-state index < -0.39 is 16.3 Å². The van der Waals surface area contributed by atoms with E-state index in [0.29, 0.717) is 22.2 Å². The Kier molecular flexibility index (Phi) is 5.65. The summed E-state index contributed by atoms with van der Waals surface area (Å²) in [6, 6.07) is 7.58. The summed E-state index contributed by atoms with van der Waals surface area (Å²) < 4.78 is 29.4. The fraction of sp³-hybridized carbons (Fsp3) is 0.333. The molecule has 1 aliphatic rings. The molecule has 2 aromatic rings. The molecule has 0 spiro atoms. The Morgan fingerprint density at radius 1 is 1.19 bits per heavy atom. The van der Waals surface area contributed by atoms with E-state index in [1.165, 1.54) is 5.56 Å². The minimum absolute atomic E-state index is 0.294. The van der Waals surface area contributed by atoms with Crippen molar-refractivity contribution in [2.24, 2.45) is 5.92 Å². The first-order valence-corrected chi connectivity index (χ1v) is 10.1. The van der Waals surface area contributed by atoms with Gasteiger partial charge in [-0.3, -0.25) is 0 Å². The third-order valence-electron chi connectivity index (χ3n) is 4.65. The van der Waals surface area contributed by atoms with Crippen LogP contribution in [0.3, 0.4) is 0 Å². The average molecular weight is 385 g/mol. The van der Waals surface area contributed by atoms with Crippen molar-refractivity contribution in [2.45, 2.75) is 40.2 Å². The Morgan fingerprint density at radius 2 is 1.89 bits per heavy atom. The fourth-order valence-electron chi connectivity index (χ4n) is 3.13. The summed E-state index contributed by atoms with van der Waals surface area (Å²) in [5, 5.41) is 7.07. The van der Waals surface area contributed by atoms with E-state index in [0.717, 1.165) is 23.2 Å². The van der Waals surface area contributed by atoms with Crippen LogP contribution in [0.15, 0.2) is 47.0 Å². The maximum Gasteiger partial charge on any atom is 0.228 e. The van der Waals surface area contributed by atoms with Gasteiger partial charge in [-0.05, 0) is 37.3 Å². The second kappa shape index (κ2) is 7.96. The number of nitrogens with one attached hydrogen (secondary N) is 1. The van der Waals surface area contributed by atoms with Crippen molar-refractivity contribution in [1.29, 1.82) is 0 Å². The molecule has 3 rings (SSSR count). The first-order valence-electron chi connectivity index (χ1n) is 9.00. The summed E-state index contributed by atoms with van der Waals surface area (Å²) in [7, 11) is -2.38. The molecule has 0 saturated heterocycles. The molecule has 0 radical (unpaired) electrons. The molecule has 0 bridgehead atoms. The third-order valence-corrected chi connectivity index (χ3v) is 5.48. The van der Waals surface area contributed by atoms with Gasteiger partial charge in [0.1, 0.15) is 4.86 Å². The van der Waals surface area contributed by atoms with E-state index in [9.17, 15) is 8.42 Å². The summed E-state index contributed by atoms with van der Waals surface area (Å²) in [6.07, 6.45) is 6.50. The van der Waals surface area contributed by atoms with Gasteiger partial charge < -0.3 is 9.84 Å². The largest absolute Gasteiger partial charge is 0.342 e. The Morgan fingerprint density at radius 3 is 2.44 bits per heavy atom. The molecule has 1 N–H and O–H groups in total. The molecule has 1 heterocycles. The highest BCUT2D eigenvalue weighted by atomic mass is 32.2. The van der Waals surface area contributed by atoms with Gasteiger partial charge in [0, 0.05) is 11.1 Å². The summed E-state index contributed by atoms with van der Waals surface area (Å²) in [4.78, 5) is 0.294. The number of rotatable bonds is 5. The van der Waals surface area contributed by atoms with Crippen LogP contribution >= 0.6 is 0 Å². The Balaban J connectivity index is 1.92. The lowest BCUT2D eigenvalue weighted by molar-refractivity contribution is 0.426. The second-order valence-corrected chi connectivity index (χ2v) is 8.11. The van der Waals surface area contributed by atoms with Gasteiger partial charge in [0.2, 0.25) is 16.2 Å². The molecule has 1 atom stereocenters. The van der Waals surface area contributed by atoms with E-state index >= 15 is 0 Å². The van der Waals surface area contributed by atoms with E-state index in [1.807, 2.05) is 38.1 Å². The number of aromatic nitrogens is 1. The highest BCUT2D eigenvalue weighted by molar-refractivity contribution is 7.74. The molecular formula is C21H24N2O3S. The normalized spacial score (nSPS) is 16.6. The minimum Gasteiger partial charge on any atom is -0.342 e. The highest BCUT2D eigenvalue weighted by Crippen LogP contribution is 2.26. The van der Waals surface area contributed by atoms with E-state index in [2.05, 4.69) is 36.5 Å². The zero-order valence-electron chi connectivity index (χ0n) is 16.0. The van der Waals surface area contributed by atoms with Crippen LogP contribution < -0.4 is 5.32 Å². The lowest BCUT2D eigenvalue weighted by Crippen LogP contribution is -2.31. The molecule has 1 aromatic carbocycles. The van der Waals surface area contributed by atoms with Crippen LogP contribution in [-0.2, 0) is 16.7 Å². The molecule has 142 valence electrons. The zero-order chi connectivity index (χ0) is 19.6. The standard InChI is InChI=1S/C21H24N2O3S/c1-13(2)12-16-8-10-17(11-9-16)18-6-5-7-19(20(18)27(24)25)22-21-14(3)15(4)23-26-21/h5-11,13,19,22H,12H2,1-4H3. The molecule has 1 aromatic heterocycles. The summed E-state index contributed by atoms with van der Waals surface area (Å²) in [5.41, 5.74) is 4.46. The molecule has 27 heavy (non-hydrogen) atoms. The van der Waals surface area contributed by atoms with Gasteiger partial charge in [-0.25, -0.2) is 0 Å². The SMILES string of the molecule is Cc1noc(NC2C=CC=C(c3ccc(CC(C)C)cc3)C2=S(=O)=O)c1C. The van der Waals surface area contributed by atoms with Crippen LogP contribution in [0.25, 0.3) is 5.57 Å². The molecule has 0 amide bonds. The molecular weight excluding hydrogens is 360 g/mol. The monoisotopic (exact) mass is 384 g/mol. The van der Waals surface area contributed by atoms with Gasteiger partial charge in [0.25, 0.3) is 0 Å². The van der Waals surface area contributed by atoms with Gasteiger partial charge >= 0.3 is 0 Å². The molecule has 1 aliphatic carbocycles. The number of anilines is 1. The maximum absolute atomic E-state index is 12.0.